The summed E-state index contributed by atoms with van der Waals surface area (Å²) in [5.74, 6) is -1.62. The second-order valence-electron chi connectivity index (χ2n) is 7.89. The number of carbonyl (C=O) groups excluding carboxylic acids is 3. The van der Waals surface area contributed by atoms with Gasteiger partial charge < -0.3 is 16.0 Å². The zero-order valence-corrected chi connectivity index (χ0v) is 19.2. The highest BCUT2D eigenvalue weighted by atomic mass is 35.5. The van der Waals surface area contributed by atoms with Gasteiger partial charge >= 0.3 is 0 Å². The zero-order valence-electron chi connectivity index (χ0n) is 18.5. The number of amides is 3. The Labute approximate surface area is 201 Å². The lowest BCUT2D eigenvalue weighted by Crippen LogP contribution is -2.53. The summed E-state index contributed by atoms with van der Waals surface area (Å²) in [6.07, 6.45) is 1.37. The molecule has 0 spiro atoms. The number of likely N-dealkylation sites (N-methyl/N-ethyl adjacent to an activating group) is 1. The van der Waals surface area contributed by atoms with Crippen LogP contribution in [0.15, 0.2) is 54.9 Å². The van der Waals surface area contributed by atoms with Crippen molar-refractivity contribution in [2.45, 2.75) is 0 Å². The van der Waals surface area contributed by atoms with Crippen LogP contribution in [0.25, 0.3) is 5.69 Å². The van der Waals surface area contributed by atoms with E-state index in [1.807, 2.05) is 7.05 Å². The average Bonchev–Trinajstić information content (AvgIpc) is 3.27. The van der Waals surface area contributed by atoms with E-state index in [1.54, 1.807) is 53.5 Å². The highest BCUT2D eigenvalue weighted by molar-refractivity contribution is 6.34. The first kappa shape index (κ1) is 23.4. The number of nitrogens with zero attached hydrogens (tertiary/aromatic N) is 4. The number of aromatic nitrogens is 2. The molecule has 0 bridgehead atoms. The molecule has 3 aromatic rings. The van der Waals surface area contributed by atoms with Crippen molar-refractivity contribution in [3.8, 4) is 5.69 Å². The number of halogens is 1. The minimum atomic E-state index is -0.800. The number of hydrogen-bond donors (Lipinski definition) is 3. The van der Waals surface area contributed by atoms with E-state index in [-0.39, 0.29) is 17.3 Å². The molecule has 2 heterocycles. The molecule has 10 nitrogen and oxygen atoms in total. The molecule has 1 saturated heterocycles. The largest absolute Gasteiger partial charge is 0.364 e. The lowest BCUT2D eigenvalue weighted by molar-refractivity contribution is 0.0652. The molecule has 2 aromatic carbocycles. The second-order valence-corrected chi connectivity index (χ2v) is 8.30. The van der Waals surface area contributed by atoms with Crippen molar-refractivity contribution in [1.29, 1.82) is 0 Å². The van der Waals surface area contributed by atoms with Gasteiger partial charge in [0.25, 0.3) is 17.7 Å². The lowest BCUT2D eigenvalue weighted by Gasteiger charge is -2.32. The van der Waals surface area contributed by atoms with Gasteiger partial charge in [0.2, 0.25) is 0 Å². The van der Waals surface area contributed by atoms with Crippen LogP contribution >= 0.6 is 11.6 Å². The van der Waals surface area contributed by atoms with Crippen LogP contribution in [0.3, 0.4) is 0 Å². The number of imidazole rings is 1. The molecule has 34 heavy (non-hydrogen) atoms. The normalized spacial score (nSPS) is 14.5. The summed E-state index contributed by atoms with van der Waals surface area (Å²) in [5.41, 5.74) is 9.69. The number of nitrogens with two attached hydrogens (primary N) is 1. The number of anilines is 1. The molecular weight excluding hydrogens is 458 g/mol. The van der Waals surface area contributed by atoms with E-state index < -0.39 is 11.8 Å². The first-order chi connectivity index (χ1) is 16.3. The van der Waals surface area contributed by atoms with Gasteiger partial charge in [-0.1, -0.05) is 23.7 Å². The summed E-state index contributed by atoms with van der Waals surface area (Å²) in [6, 6.07) is 13.5. The van der Waals surface area contributed by atoms with E-state index in [4.69, 9.17) is 17.3 Å². The maximum Gasteiger partial charge on any atom is 0.285 e. The standard InChI is InChI=1S/C23H24ClN7O3/c1-29-10-12-30(13-11-29)28-23(34)20-19(21(25)32)26-14-31(20)16-8-6-15(7-9-16)27-22(33)17-4-2-3-5-18(17)24/h2-9,14H,10-13H2,1H3,(H2,25,32)(H,27,33)(H,28,34). The van der Waals surface area contributed by atoms with E-state index in [2.05, 4.69) is 20.6 Å². The third kappa shape index (κ3) is 5.09. The molecule has 1 aliphatic heterocycles. The number of nitrogens with one attached hydrogen (secondary N) is 2. The van der Waals surface area contributed by atoms with Gasteiger partial charge in [-0.25, -0.2) is 9.99 Å². The first-order valence-corrected chi connectivity index (χ1v) is 11.0. The van der Waals surface area contributed by atoms with Gasteiger partial charge in [-0.15, -0.1) is 0 Å². The van der Waals surface area contributed by atoms with Crippen LogP contribution in [0.1, 0.15) is 31.3 Å². The Morgan fingerprint density at radius 2 is 1.65 bits per heavy atom. The van der Waals surface area contributed by atoms with Crippen LogP contribution in [-0.2, 0) is 0 Å². The molecule has 11 heteroatoms. The Hall–Kier alpha value is -3.73. The molecule has 4 rings (SSSR count). The molecule has 0 unspecified atom stereocenters. The van der Waals surface area contributed by atoms with Crippen molar-refractivity contribution < 1.29 is 14.4 Å². The van der Waals surface area contributed by atoms with E-state index in [1.165, 1.54) is 10.9 Å². The summed E-state index contributed by atoms with van der Waals surface area (Å²) in [7, 11) is 2.01. The topological polar surface area (TPSA) is 126 Å². The van der Waals surface area contributed by atoms with Gasteiger partial charge in [-0.05, 0) is 43.4 Å². The molecule has 0 saturated carbocycles. The van der Waals surface area contributed by atoms with Gasteiger partial charge in [-0.2, -0.15) is 0 Å². The smallest absolute Gasteiger partial charge is 0.285 e. The fourth-order valence-corrected chi connectivity index (χ4v) is 3.83. The molecule has 176 valence electrons. The Bertz CT molecular complexity index is 1220. The van der Waals surface area contributed by atoms with Crippen LogP contribution in [0.4, 0.5) is 5.69 Å². The van der Waals surface area contributed by atoms with Crippen LogP contribution in [0, 0.1) is 0 Å². The third-order valence-electron chi connectivity index (χ3n) is 5.50. The Kier molecular flexibility index (Phi) is 6.92. The van der Waals surface area contributed by atoms with E-state index in [9.17, 15) is 14.4 Å². The average molecular weight is 482 g/mol. The SMILES string of the molecule is CN1CCN(NC(=O)c2c(C(N)=O)ncn2-c2ccc(NC(=O)c3ccccc3Cl)cc2)CC1. The van der Waals surface area contributed by atoms with Gasteiger partial charge in [0.05, 0.1) is 10.6 Å². The molecule has 0 atom stereocenters. The van der Waals surface area contributed by atoms with Gasteiger partial charge in [0, 0.05) is 37.6 Å². The number of primary amides is 1. The summed E-state index contributed by atoms with van der Waals surface area (Å²) < 4.78 is 1.49. The van der Waals surface area contributed by atoms with Crippen molar-refractivity contribution in [2.24, 2.45) is 5.73 Å². The Morgan fingerprint density at radius 3 is 2.29 bits per heavy atom. The second kappa shape index (κ2) is 10.0. The summed E-state index contributed by atoms with van der Waals surface area (Å²) in [4.78, 5) is 43.7. The van der Waals surface area contributed by atoms with Crippen molar-refractivity contribution in [1.82, 2.24) is 24.9 Å². The number of hydrogen-bond acceptors (Lipinski definition) is 6. The molecule has 1 aliphatic rings. The van der Waals surface area contributed by atoms with Crippen LogP contribution in [0.2, 0.25) is 5.02 Å². The van der Waals surface area contributed by atoms with Crippen LogP contribution in [0.5, 0.6) is 0 Å². The van der Waals surface area contributed by atoms with Crippen molar-refractivity contribution in [3.05, 3.63) is 76.8 Å². The van der Waals surface area contributed by atoms with E-state index >= 15 is 0 Å². The maximum atomic E-state index is 13.1. The predicted molar refractivity (Wildman–Crippen MR) is 128 cm³/mol. The van der Waals surface area contributed by atoms with Crippen molar-refractivity contribution in [3.63, 3.8) is 0 Å². The molecule has 4 N–H and O–H groups in total. The Balaban J connectivity index is 1.54. The quantitative estimate of drug-likeness (QED) is 0.492. The number of rotatable bonds is 6. The van der Waals surface area contributed by atoms with Gasteiger partial charge in [0.1, 0.15) is 12.0 Å². The first-order valence-electron chi connectivity index (χ1n) is 10.6. The van der Waals surface area contributed by atoms with Crippen molar-refractivity contribution in [2.75, 3.05) is 38.5 Å². The van der Waals surface area contributed by atoms with Crippen LogP contribution in [-0.4, -0.2) is 70.4 Å². The van der Waals surface area contributed by atoms with Gasteiger partial charge in [0.15, 0.2) is 5.69 Å². The minimum absolute atomic E-state index is 0.0410. The predicted octanol–water partition coefficient (Wildman–Crippen LogP) is 1.77. The fourth-order valence-electron chi connectivity index (χ4n) is 3.61. The maximum absolute atomic E-state index is 13.1. The minimum Gasteiger partial charge on any atom is -0.364 e. The van der Waals surface area contributed by atoms with E-state index in [0.29, 0.717) is 35.1 Å². The Morgan fingerprint density at radius 1 is 0.971 bits per heavy atom. The van der Waals surface area contributed by atoms with Crippen molar-refractivity contribution >= 4 is 35.0 Å². The van der Waals surface area contributed by atoms with Gasteiger partial charge in [-0.3, -0.25) is 24.4 Å². The fraction of sp³-hybridized carbons (Fsp3) is 0.217. The molecule has 1 aromatic heterocycles. The van der Waals surface area contributed by atoms with E-state index in [0.717, 1.165) is 13.1 Å². The number of benzene rings is 2. The number of piperazine rings is 1. The molecule has 0 aliphatic carbocycles. The molecule has 3 amide bonds. The zero-order chi connectivity index (χ0) is 24.2. The summed E-state index contributed by atoms with van der Waals surface area (Å²) >= 11 is 6.09. The van der Waals surface area contributed by atoms with Crippen LogP contribution < -0.4 is 16.5 Å². The lowest BCUT2D eigenvalue weighted by atomic mass is 10.2. The summed E-state index contributed by atoms with van der Waals surface area (Å²) in [5, 5.41) is 4.94. The highest BCUT2D eigenvalue weighted by Crippen LogP contribution is 2.20. The highest BCUT2D eigenvalue weighted by Gasteiger charge is 2.25. The molecule has 1 fully saturated rings. The summed E-state index contributed by atoms with van der Waals surface area (Å²) in [6.45, 7) is 2.93. The molecule has 0 radical (unpaired) electrons. The number of hydrazine groups is 1. The monoisotopic (exact) mass is 481 g/mol. The molecular formula is C23H24ClN7O3. The third-order valence-corrected chi connectivity index (χ3v) is 5.83. The number of carbonyl (C=O) groups is 3.